The third kappa shape index (κ3) is 5.35. The molecular formula is C26H23N3O5S. The molecule has 2 saturated heterocycles. The molecule has 2 aliphatic heterocycles. The Morgan fingerprint density at radius 1 is 0.943 bits per heavy atom. The molecule has 5 rings (SSSR count). The number of hydrogen-bond acceptors (Lipinski definition) is 7. The van der Waals surface area contributed by atoms with Gasteiger partial charge in [-0.3, -0.25) is 0 Å². The number of rotatable bonds is 6. The third-order valence-corrected chi connectivity index (χ3v) is 6.97. The Hall–Kier alpha value is -3.33. The first kappa shape index (κ1) is 23.4. The van der Waals surface area contributed by atoms with Gasteiger partial charge in [0.05, 0.1) is 12.2 Å². The van der Waals surface area contributed by atoms with Crippen molar-refractivity contribution in [2.75, 3.05) is 6.61 Å². The Kier molecular flexibility index (Phi) is 7.32. The van der Waals surface area contributed by atoms with Crippen molar-refractivity contribution in [3.05, 3.63) is 113 Å². The fourth-order valence-electron chi connectivity index (χ4n) is 4.16. The van der Waals surface area contributed by atoms with Gasteiger partial charge in [-0.15, -0.1) is 0 Å². The van der Waals surface area contributed by atoms with Gasteiger partial charge in [0.25, 0.3) is 0 Å². The molecule has 0 bridgehead atoms. The number of esters is 1. The molecule has 0 N–H and O–H groups in total. The number of thioether (sulfide) groups is 1. The third-order valence-electron chi connectivity index (χ3n) is 5.81. The minimum absolute atomic E-state index is 0.243. The highest BCUT2D eigenvalue weighted by Crippen LogP contribution is 2.41. The lowest BCUT2D eigenvalue weighted by Crippen LogP contribution is -2.61. The second-order valence-corrected chi connectivity index (χ2v) is 9.25. The number of fused-ring (bicyclic) bond motifs is 1. The predicted molar refractivity (Wildman–Crippen MR) is 130 cm³/mol. The van der Waals surface area contributed by atoms with Crippen LogP contribution in [0.4, 0.5) is 0 Å². The van der Waals surface area contributed by atoms with Crippen LogP contribution in [0.5, 0.6) is 0 Å². The molecule has 0 radical (unpaired) electrons. The second-order valence-electron chi connectivity index (χ2n) is 8.08. The Balaban J connectivity index is 1.45. The predicted octanol–water partition coefficient (Wildman–Crippen LogP) is 5.52. The molecule has 0 amide bonds. The van der Waals surface area contributed by atoms with Crippen molar-refractivity contribution in [3.8, 4) is 0 Å². The fraction of sp³-hybridized carbons (Fsp3) is 0.269. The largest absolute Gasteiger partial charge is 0.455 e. The van der Waals surface area contributed by atoms with Crippen LogP contribution in [-0.2, 0) is 18.9 Å². The van der Waals surface area contributed by atoms with Crippen LogP contribution in [0.2, 0.25) is 0 Å². The van der Waals surface area contributed by atoms with Crippen molar-refractivity contribution in [1.29, 1.82) is 0 Å². The SMILES string of the molecule is [N-]=[N+]=N[C@H]1[C@H]2O[C@@H](c3ccccc3)OC[C@H]2O[C@@H](Sc2ccccc2)[C@@H]1OC(=O)c1ccccc1. The van der Waals surface area contributed by atoms with Crippen LogP contribution in [0.1, 0.15) is 22.2 Å². The van der Waals surface area contributed by atoms with Crippen LogP contribution in [0.3, 0.4) is 0 Å². The lowest BCUT2D eigenvalue weighted by atomic mass is 9.96. The van der Waals surface area contributed by atoms with Crippen LogP contribution >= 0.6 is 11.8 Å². The Morgan fingerprint density at radius 3 is 2.29 bits per heavy atom. The van der Waals surface area contributed by atoms with E-state index in [9.17, 15) is 10.3 Å². The minimum Gasteiger partial charge on any atom is -0.455 e. The maximum atomic E-state index is 13.0. The zero-order valence-corrected chi connectivity index (χ0v) is 19.4. The van der Waals surface area contributed by atoms with Gasteiger partial charge in [0.2, 0.25) is 0 Å². The molecule has 8 nitrogen and oxygen atoms in total. The zero-order valence-electron chi connectivity index (χ0n) is 18.6. The van der Waals surface area contributed by atoms with Gasteiger partial charge >= 0.3 is 5.97 Å². The summed E-state index contributed by atoms with van der Waals surface area (Å²) in [5.41, 5.74) is 10.0. The topological polar surface area (TPSA) is 103 Å². The van der Waals surface area contributed by atoms with E-state index in [-0.39, 0.29) is 6.61 Å². The van der Waals surface area contributed by atoms with Crippen molar-refractivity contribution in [3.63, 3.8) is 0 Å². The van der Waals surface area contributed by atoms with Gasteiger partial charge in [0.1, 0.15) is 29.8 Å². The highest BCUT2D eigenvalue weighted by atomic mass is 32.2. The summed E-state index contributed by atoms with van der Waals surface area (Å²) in [5.74, 6) is -0.527. The molecule has 0 aliphatic carbocycles. The van der Waals surface area contributed by atoms with Gasteiger partial charge in [-0.1, -0.05) is 83.6 Å². The molecule has 35 heavy (non-hydrogen) atoms. The fourth-order valence-corrected chi connectivity index (χ4v) is 5.29. The standard InChI is InChI=1S/C26H23N3O5S/c27-29-28-21-22-20(16-31-25(34-22)18-12-6-2-7-13-18)32-26(35-19-14-8-3-9-15-19)23(21)33-24(30)17-10-4-1-5-11-17/h1-15,20-23,25-26H,16H2/t20-,21+,22+,23-,25+,26+/m1/s1. The molecule has 6 atom stereocenters. The number of carbonyl (C=O) groups excluding carboxylic acids is 1. The average molecular weight is 490 g/mol. The normalized spacial score (nSPS) is 27.8. The molecule has 0 spiro atoms. The number of benzene rings is 3. The molecule has 0 saturated carbocycles. The van der Waals surface area contributed by atoms with Crippen LogP contribution < -0.4 is 0 Å². The van der Waals surface area contributed by atoms with E-state index in [1.165, 1.54) is 11.8 Å². The molecule has 0 aromatic heterocycles. The van der Waals surface area contributed by atoms with E-state index in [4.69, 9.17) is 18.9 Å². The number of hydrogen-bond donors (Lipinski definition) is 0. The Bertz CT molecular complexity index is 1180. The Morgan fingerprint density at radius 2 is 1.60 bits per heavy atom. The summed E-state index contributed by atoms with van der Waals surface area (Å²) >= 11 is 1.40. The highest BCUT2D eigenvalue weighted by molar-refractivity contribution is 7.99. The van der Waals surface area contributed by atoms with Crippen molar-refractivity contribution < 1.29 is 23.7 Å². The first-order valence-electron chi connectivity index (χ1n) is 11.2. The molecule has 2 fully saturated rings. The molecule has 0 unspecified atom stereocenters. The van der Waals surface area contributed by atoms with Crippen molar-refractivity contribution >= 4 is 17.7 Å². The van der Waals surface area contributed by atoms with Crippen LogP contribution in [-0.4, -0.2) is 42.4 Å². The first-order chi connectivity index (χ1) is 17.2. The summed E-state index contributed by atoms with van der Waals surface area (Å²) in [6.07, 6.45) is -2.70. The van der Waals surface area contributed by atoms with Crippen molar-refractivity contribution in [2.24, 2.45) is 5.11 Å². The van der Waals surface area contributed by atoms with E-state index in [2.05, 4.69) is 10.0 Å². The summed E-state index contributed by atoms with van der Waals surface area (Å²) in [4.78, 5) is 17.0. The minimum atomic E-state index is -0.889. The molecule has 178 valence electrons. The maximum absolute atomic E-state index is 13.0. The molecule has 3 aromatic rings. The van der Waals surface area contributed by atoms with Crippen molar-refractivity contribution in [1.82, 2.24) is 0 Å². The van der Waals surface area contributed by atoms with Crippen LogP contribution in [0.25, 0.3) is 10.4 Å². The molecule has 2 aliphatic rings. The summed E-state index contributed by atoms with van der Waals surface area (Å²) < 4.78 is 24.5. The number of carbonyl (C=O) groups is 1. The quantitative estimate of drug-likeness (QED) is 0.195. The highest BCUT2D eigenvalue weighted by Gasteiger charge is 2.51. The smallest absolute Gasteiger partial charge is 0.338 e. The average Bonchev–Trinajstić information content (AvgIpc) is 2.92. The van der Waals surface area contributed by atoms with Gasteiger partial charge in [-0.2, -0.15) is 0 Å². The van der Waals surface area contributed by atoms with Gasteiger partial charge in [0.15, 0.2) is 6.29 Å². The van der Waals surface area contributed by atoms with Gasteiger partial charge in [0, 0.05) is 15.4 Å². The Labute approximate surface area is 206 Å². The lowest BCUT2D eigenvalue weighted by Gasteiger charge is -2.47. The summed E-state index contributed by atoms with van der Waals surface area (Å²) in [6.45, 7) is 0.243. The summed E-state index contributed by atoms with van der Waals surface area (Å²) in [6, 6.07) is 27.0. The van der Waals surface area contributed by atoms with Crippen LogP contribution in [0, 0.1) is 0 Å². The summed E-state index contributed by atoms with van der Waals surface area (Å²) in [5, 5.41) is 4.05. The molecular weight excluding hydrogens is 466 g/mol. The maximum Gasteiger partial charge on any atom is 0.338 e. The van der Waals surface area contributed by atoms with E-state index < -0.39 is 42.0 Å². The van der Waals surface area contributed by atoms with Gasteiger partial charge < -0.3 is 18.9 Å². The number of ether oxygens (including phenoxy) is 4. The van der Waals surface area contributed by atoms with E-state index in [1.807, 2.05) is 66.7 Å². The number of nitrogens with zero attached hydrogens (tertiary/aromatic N) is 3. The van der Waals surface area contributed by atoms with Gasteiger partial charge in [-0.25, -0.2) is 4.79 Å². The first-order valence-corrected chi connectivity index (χ1v) is 12.1. The number of azide groups is 1. The van der Waals surface area contributed by atoms with E-state index >= 15 is 0 Å². The monoisotopic (exact) mass is 489 g/mol. The zero-order chi connectivity index (χ0) is 24.0. The second kappa shape index (κ2) is 10.9. The van der Waals surface area contributed by atoms with Crippen LogP contribution in [0.15, 0.2) is 101 Å². The van der Waals surface area contributed by atoms with Crippen molar-refractivity contribution in [2.45, 2.75) is 41.0 Å². The molecule has 3 aromatic carbocycles. The summed E-state index contributed by atoms with van der Waals surface area (Å²) in [7, 11) is 0. The van der Waals surface area contributed by atoms with E-state index in [0.717, 1.165) is 10.5 Å². The lowest BCUT2D eigenvalue weighted by molar-refractivity contribution is -0.296. The molecule has 2 heterocycles. The van der Waals surface area contributed by atoms with Gasteiger partial charge in [-0.05, 0) is 29.8 Å². The molecule has 9 heteroatoms. The van der Waals surface area contributed by atoms with E-state index in [0.29, 0.717) is 5.56 Å². The van der Waals surface area contributed by atoms with E-state index in [1.54, 1.807) is 24.3 Å².